The van der Waals surface area contributed by atoms with Crippen LogP contribution in [0, 0.1) is 11.3 Å². The van der Waals surface area contributed by atoms with Crippen LogP contribution < -0.4 is 10.3 Å². The monoisotopic (exact) mass is 204 g/mol. The van der Waals surface area contributed by atoms with E-state index in [0.717, 1.165) is 12.1 Å². The lowest BCUT2D eigenvalue weighted by molar-refractivity contribution is -0.276. The van der Waals surface area contributed by atoms with Gasteiger partial charge in [0.25, 0.3) is 5.56 Å². The van der Waals surface area contributed by atoms with Crippen LogP contribution in [0.1, 0.15) is 5.56 Å². The predicted molar refractivity (Wildman–Crippen MR) is 38.5 cm³/mol. The highest BCUT2D eigenvalue weighted by Gasteiger charge is 2.32. The first kappa shape index (κ1) is 10.1. The third kappa shape index (κ3) is 2.52. The van der Waals surface area contributed by atoms with E-state index in [1.807, 2.05) is 0 Å². The zero-order valence-electron chi connectivity index (χ0n) is 6.55. The standard InChI is InChI=1S/C7H3F3N2O2/c8-7(9,10)14-6-4(3-11)1-2-5(13)12-6/h1-2H,(H,12,13). The van der Waals surface area contributed by atoms with Crippen molar-refractivity contribution in [3.63, 3.8) is 0 Å². The van der Waals surface area contributed by atoms with E-state index in [-0.39, 0.29) is 5.56 Å². The molecule has 1 heterocycles. The molecule has 0 amide bonds. The van der Waals surface area contributed by atoms with E-state index >= 15 is 0 Å². The van der Waals surface area contributed by atoms with Crippen molar-refractivity contribution in [1.29, 1.82) is 5.26 Å². The maximum Gasteiger partial charge on any atom is 0.574 e. The summed E-state index contributed by atoms with van der Waals surface area (Å²) in [5.41, 5.74) is -1.16. The van der Waals surface area contributed by atoms with Crippen molar-refractivity contribution in [1.82, 2.24) is 4.98 Å². The molecule has 4 nitrogen and oxygen atoms in total. The van der Waals surface area contributed by atoms with Crippen molar-refractivity contribution in [3.05, 3.63) is 28.0 Å². The SMILES string of the molecule is N#Cc1ccc(=O)[nH]c1OC(F)(F)F. The minimum absolute atomic E-state index is 0.387. The van der Waals surface area contributed by atoms with Gasteiger partial charge in [0.1, 0.15) is 11.6 Å². The molecule has 7 heteroatoms. The van der Waals surface area contributed by atoms with Crippen LogP contribution in [-0.2, 0) is 0 Å². The largest absolute Gasteiger partial charge is 0.574 e. The topological polar surface area (TPSA) is 65.9 Å². The summed E-state index contributed by atoms with van der Waals surface area (Å²) < 4.78 is 38.6. The van der Waals surface area contributed by atoms with Crippen molar-refractivity contribution in [2.24, 2.45) is 0 Å². The molecule has 0 saturated carbocycles. The summed E-state index contributed by atoms with van der Waals surface area (Å²) >= 11 is 0. The van der Waals surface area contributed by atoms with Gasteiger partial charge in [-0.05, 0) is 6.07 Å². The first-order valence-electron chi connectivity index (χ1n) is 3.31. The number of aromatic amines is 1. The predicted octanol–water partition coefficient (Wildman–Crippen LogP) is 1.15. The molecule has 1 aromatic heterocycles. The molecule has 14 heavy (non-hydrogen) atoms. The van der Waals surface area contributed by atoms with Gasteiger partial charge < -0.3 is 4.74 Å². The zero-order chi connectivity index (χ0) is 10.8. The van der Waals surface area contributed by atoms with Crippen LogP contribution >= 0.6 is 0 Å². The molecule has 0 radical (unpaired) electrons. The van der Waals surface area contributed by atoms with Gasteiger partial charge in [-0.25, -0.2) is 0 Å². The fourth-order valence-corrected chi connectivity index (χ4v) is 0.740. The third-order valence-corrected chi connectivity index (χ3v) is 1.22. The number of halogens is 3. The molecule has 0 unspecified atom stereocenters. The molecule has 0 saturated heterocycles. The number of hydrogen-bond donors (Lipinski definition) is 1. The number of hydrogen-bond acceptors (Lipinski definition) is 3. The van der Waals surface area contributed by atoms with Crippen LogP contribution in [0.5, 0.6) is 5.88 Å². The molecule has 0 aliphatic heterocycles. The average molecular weight is 204 g/mol. The van der Waals surface area contributed by atoms with Gasteiger partial charge in [-0.2, -0.15) is 5.26 Å². The maximum absolute atomic E-state index is 11.7. The summed E-state index contributed by atoms with van der Waals surface area (Å²) in [7, 11) is 0. The van der Waals surface area contributed by atoms with Gasteiger partial charge >= 0.3 is 6.36 Å². The van der Waals surface area contributed by atoms with Crippen LogP contribution in [0.15, 0.2) is 16.9 Å². The van der Waals surface area contributed by atoms with Crippen LogP contribution in [0.2, 0.25) is 0 Å². The lowest BCUT2D eigenvalue weighted by atomic mass is 10.3. The van der Waals surface area contributed by atoms with Crippen LogP contribution in [0.3, 0.4) is 0 Å². The van der Waals surface area contributed by atoms with Crippen molar-refractivity contribution >= 4 is 0 Å². The van der Waals surface area contributed by atoms with Crippen molar-refractivity contribution in [3.8, 4) is 11.9 Å². The van der Waals surface area contributed by atoms with Gasteiger partial charge in [0.05, 0.1) is 0 Å². The second-order valence-corrected chi connectivity index (χ2v) is 2.22. The van der Waals surface area contributed by atoms with Crippen molar-refractivity contribution in [2.45, 2.75) is 6.36 Å². The Bertz CT molecular complexity index is 430. The van der Waals surface area contributed by atoms with Crippen molar-refractivity contribution < 1.29 is 17.9 Å². The highest BCUT2D eigenvalue weighted by atomic mass is 19.4. The summed E-state index contributed by atoms with van der Waals surface area (Å²) in [6.07, 6.45) is -4.93. The number of pyridine rings is 1. The molecule has 0 aliphatic rings. The Morgan fingerprint density at radius 1 is 1.43 bits per heavy atom. The number of nitrogens with one attached hydrogen (secondary N) is 1. The molecular weight excluding hydrogens is 201 g/mol. The summed E-state index contributed by atoms with van der Waals surface area (Å²) in [5.74, 6) is -0.896. The second-order valence-electron chi connectivity index (χ2n) is 2.22. The average Bonchev–Trinajstić information content (AvgIpc) is 2.01. The van der Waals surface area contributed by atoms with Gasteiger partial charge in [0.2, 0.25) is 5.88 Å². The molecular formula is C7H3F3N2O2. The van der Waals surface area contributed by atoms with E-state index in [9.17, 15) is 18.0 Å². The van der Waals surface area contributed by atoms with Crippen LogP contribution in [-0.4, -0.2) is 11.3 Å². The van der Waals surface area contributed by atoms with Crippen LogP contribution in [0.4, 0.5) is 13.2 Å². The molecule has 0 fully saturated rings. The first-order valence-corrected chi connectivity index (χ1v) is 3.31. The number of nitriles is 1. The summed E-state index contributed by atoms with van der Waals surface area (Å²) in [5, 5.41) is 8.39. The smallest absolute Gasteiger partial charge is 0.388 e. The molecule has 0 aromatic carbocycles. The van der Waals surface area contributed by atoms with E-state index < -0.39 is 17.8 Å². The Labute approximate surface area is 75.5 Å². The lowest BCUT2D eigenvalue weighted by Crippen LogP contribution is -2.20. The first-order chi connectivity index (χ1) is 6.42. The van der Waals surface area contributed by atoms with Gasteiger partial charge in [-0.3, -0.25) is 9.78 Å². The Kier molecular flexibility index (Phi) is 2.47. The fourth-order valence-electron chi connectivity index (χ4n) is 0.740. The van der Waals surface area contributed by atoms with Gasteiger partial charge in [-0.15, -0.1) is 13.2 Å². The van der Waals surface area contributed by atoms with E-state index in [0.29, 0.717) is 0 Å². The minimum Gasteiger partial charge on any atom is -0.388 e. The fraction of sp³-hybridized carbons (Fsp3) is 0.143. The Balaban J connectivity index is 3.13. The minimum atomic E-state index is -4.93. The molecule has 0 aliphatic carbocycles. The van der Waals surface area contributed by atoms with E-state index in [4.69, 9.17) is 5.26 Å². The van der Waals surface area contributed by atoms with Crippen molar-refractivity contribution in [2.75, 3.05) is 0 Å². The molecule has 0 bridgehead atoms. The van der Waals surface area contributed by atoms with Gasteiger partial charge in [0, 0.05) is 6.07 Å². The number of alkyl halides is 3. The molecule has 1 N–H and O–H groups in total. The Hall–Kier alpha value is -1.97. The molecule has 74 valence electrons. The van der Waals surface area contributed by atoms with Crippen LogP contribution in [0.25, 0.3) is 0 Å². The number of rotatable bonds is 1. The molecule has 0 atom stereocenters. The number of ether oxygens (including phenoxy) is 1. The number of H-pyrrole nitrogens is 1. The summed E-state index contributed by atoms with van der Waals surface area (Å²) in [6, 6.07) is 3.33. The van der Waals surface area contributed by atoms with E-state index in [1.54, 1.807) is 4.98 Å². The highest BCUT2D eigenvalue weighted by molar-refractivity contribution is 5.37. The van der Waals surface area contributed by atoms with E-state index in [1.165, 1.54) is 6.07 Å². The molecule has 0 spiro atoms. The molecule has 1 rings (SSSR count). The Morgan fingerprint density at radius 2 is 2.07 bits per heavy atom. The summed E-state index contributed by atoms with van der Waals surface area (Å²) in [4.78, 5) is 12.4. The lowest BCUT2D eigenvalue weighted by Gasteiger charge is -2.08. The van der Waals surface area contributed by atoms with Gasteiger partial charge in [-0.1, -0.05) is 0 Å². The third-order valence-electron chi connectivity index (χ3n) is 1.22. The normalized spacial score (nSPS) is 10.7. The summed E-state index contributed by atoms with van der Waals surface area (Å²) in [6.45, 7) is 0. The highest BCUT2D eigenvalue weighted by Crippen LogP contribution is 2.22. The molecule has 1 aromatic rings. The maximum atomic E-state index is 11.7. The number of nitrogens with zero attached hydrogens (tertiary/aromatic N) is 1. The Morgan fingerprint density at radius 3 is 2.57 bits per heavy atom. The number of aromatic nitrogens is 1. The van der Waals surface area contributed by atoms with E-state index in [2.05, 4.69) is 4.74 Å². The van der Waals surface area contributed by atoms with Gasteiger partial charge in [0.15, 0.2) is 0 Å². The second kappa shape index (κ2) is 3.41. The quantitative estimate of drug-likeness (QED) is 0.745. The zero-order valence-corrected chi connectivity index (χ0v) is 6.55.